The third kappa shape index (κ3) is 4.32. The van der Waals surface area contributed by atoms with Gasteiger partial charge in [-0.1, -0.05) is 55.8 Å². The predicted molar refractivity (Wildman–Crippen MR) is 107 cm³/mol. The van der Waals surface area contributed by atoms with E-state index in [2.05, 4.69) is 44.2 Å². The van der Waals surface area contributed by atoms with Gasteiger partial charge in [0.15, 0.2) is 0 Å². The van der Waals surface area contributed by atoms with Gasteiger partial charge < -0.3 is 0 Å². The first-order chi connectivity index (χ1) is 12.2. The predicted octanol–water partition coefficient (Wildman–Crippen LogP) is 7.56. The number of aryl methyl sites for hydroxylation is 1. The van der Waals surface area contributed by atoms with Crippen molar-refractivity contribution in [2.75, 3.05) is 0 Å². The highest BCUT2D eigenvalue weighted by Crippen LogP contribution is 2.38. The highest BCUT2D eigenvalue weighted by atomic mass is 19.1. The van der Waals surface area contributed by atoms with Crippen molar-refractivity contribution in [2.45, 2.75) is 71.1 Å². The molecule has 0 bridgehead atoms. The topological polar surface area (TPSA) is 0 Å². The Labute approximate surface area is 152 Å². The van der Waals surface area contributed by atoms with Crippen LogP contribution in [0.1, 0.15) is 75.8 Å². The van der Waals surface area contributed by atoms with E-state index in [4.69, 9.17) is 0 Å². The molecule has 0 aromatic heterocycles. The van der Waals surface area contributed by atoms with Crippen LogP contribution in [-0.2, 0) is 6.42 Å². The quantitative estimate of drug-likeness (QED) is 0.477. The molecule has 0 nitrogen and oxygen atoms in total. The van der Waals surface area contributed by atoms with Crippen LogP contribution in [0.2, 0.25) is 0 Å². The van der Waals surface area contributed by atoms with Crippen molar-refractivity contribution in [3.8, 4) is 0 Å². The van der Waals surface area contributed by atoms with Gasteiger partial charge in [-0.15, -0.1) is 0 Å². The summed E-state index contributed by atoms with van der Waals surface area (Å²) >= 11 is 0. The van der Waals surface area contributed by atoms with Gasteiger partial charge in [-0.2, -0.15) is 0 Å². The molecule has 1 aliphatic carbocycles. The Morgan fingerprint density at radius 3 is 2.60 bits per heavy atom. The Kier molecular flexibility index (Phi) is 6.29. The molecule has 0 spiro atoms. The molecule has 0 heterocycles. The number of benzene rings is 2. The molecule has 2 aromatic carbocycles. The molecule has 3 rings (SSSR count). The molecular formula is C24H31F. The molecule has 134 valence electrons. The van der Waals surface area contributed by atoms with E-state index in [-0.39, 0.29) is 5.82 Å². The Hall–Kier alpha value is -1.63. The number of rotatable bonds is 6. The van der Waals surface area contributed by atoms with Gasteiger partial charge in [-0.25, -0.2) is 4.39 Å². The lowest BCUT2D eigenvalue weighted by atomic mass is 9.77. The van der Waals surface area contributed by atoms with Gasteiger partial charge in [0.2, 0.25) is 0 Å². The third-order valence-electron chi connectivity index (χ3n) is 5.87. The number of halogens is 1. The number of hydrogen-bond acceptors (Lipinski definition) is 0. The van der Waals surface area contributed by atoms with E-state index in [1.165, 1.54) is 44.1 Å². The van der Waals surface area contributed by atoms with Gasteiger partial charge in [-0.05, 0) is 80.2 Å². The van der Waals surface area contributed by atoms with Gasteiger partial charge in [0.05, 0.1) is 0 Å². The maximum Gasteiger partial charge on any atom is 0.134 e. The standard InChI is InChI=1S/C24H31F/c1-3-5-6-8-18-9-11-19(12-10-18)21-15-16-23-22(17-21)14-13-20(7-4-2)24(23)25/h3,5,13-19H,4,6-12H2,1-2H3/b5-3+. The van der Waals surface area contributed by atoms with Gasteiger partial charge in [0, 0.05) is 5.39 Å². The average molecular weight is 339 g/mol. The van der Waals surface area contributed by atoms with Crippen LogP contribution in [0.25, 0.3) is 10.8 Å². The summed E-state index contributed by atoms with van der Waals surface area (Å²) in [6, 6.07) is 10.5. The van der Waals surface area contributed by atoms with Crippen molar-refractivity contribution in [1.82, 2.24) is 0 Å². The van der Waals surface area contributed by atoms with Gasteiger partial charge in [0.25, 0.3) is 0 Å². The van der Waals surface area contributed by atoms with Crippen LogP contribution in [0.15, 0.2) is 42.5 Å². The fraction of sp³-hybridized carbons (Fsp3) is 0.500. The third-order valence-corrected chi connectivity index (χ3v) is 5.87. The van der Waals surface area contributed by atoms with E-state index in [1.807, 2.05) is 12.1 Å². The molecule has 1 fully saturated rings. The van der Waals surface area contributed by atoms with Crippen LogP contribution in [-0.4, -0.2) is 0 Å². The Morgan fingerprint density at radius 2 is 1.88 bits per heavy atom. The molecule has 0 saturated heterocycles. The van der Waals surface area contributed by atoms with Crippen molar-refractivity contribution < 1.29 is 4.39 Å². The van der Waals surface area contributed by atoms with Crippen LogP contribution in [0.3, 0.4) is 0 Å². The lowest BCUT2D eigenvalue weighted by Crippen LogP contribution is -2.13. The monoisotopic (exact) mass is 338 g/mol. The lowest BCUT2D eigenvalue weighted by Gasteiger charge is -2.29. The summed E-state index contributed by atoms with van der Waals surface area (Å²) in [5.41, 5.74) is 2.26. The molecule has 0 amide bonds. The zero-order valence-electron chi connectivity index (χ0n) is 15.7. The van der Waals surface area contributed by atoms with Crippen molar-refractivity contribution in [3.63, 3.8) is 0 Å². The second kappa shape index (κ2) is 8.65. The molecule has 2 aromatic rings. The second-order valence-corrected chi connectivity index (χ2v) is 7.63. The van der Waals surface area contributed by atoms with E-state index in [1.54, 1.807) is 0 Å². The largest absolute Gasteiger partial charge is 0.206 e. The molecule has 0 radical (unpaired) electrons. The van der Waals surface area contributed by atoms with Crippen LogP contribution >= 0.6 is 0 Å². The van der Waals surface area contributed by atoms with Crippen molar-refractivity contribution in [2.24, 2.45) is 5.92 Å². The first kappa shape index (κ1) is 18.2. The zero-order valence-corrected chi connectivity index (χ0v) is 15.7. The van der Waals surface area contributed by atoms with Gasteiger partial charge >= 0.3 is 0 Å². The number of hydrogen-bond donors (Lipinski definition) is 0. The minimum atomic E-state index is -0.0152. The maximum atomic E-state index is 14.6. The first-order valence-corrected chi connectivity index (χ1v) is 10.0. The van der Waals surface area contributed by atoms with Crippen molar-refractivity contribution in [3.05, 3.63) is 59.4 Å². The normalized spacial score (nSPS) is 21.2. The highest BCUT2D eigenvalue weighted by Gasteiger charge is 2.22. The lowest BCUT2D eigenvalue weighted by molar-refractivity contribution is 0.312. The van der Waals surface area contributed by atoms with Crippen LogP contribution in [0.4, 0.5) is 4.39 Å². The van der Waals surface area contributed by atoms with E-state index < -0.39 is 0 Å². The molecule has 0 unspecified atom stereocenters. The summed E-state index contributed by atoms with van der Waals surface area (Å²) < 4.78 is 14.6. The van der Waals surface area contributed by atoms with Crippen molar-refractivity contribution >= 4 is 10.8 Å². The van der Waals surface area contributed by atoms with Crippen LogP contribution < -0.4 is 0 Å². The minimum Gasteiger partial charge on any atom is -0.206 e. The number of fused-ring (bicyclic) bond motifs is 1. The second-order valence-electron chi connectivity index (χ2n) is 7.63. The molecule has 0 aliphatic heterocycles. The zero-order chi connectivity index (χ0) is 17.6. The molecular weight excluding hydrogens is 307 g/mol. The van der Waals surface area contributed by atoms with Gasteiger partial charge in [0.1, 0.15) is 5.82 Å². The molecule has 1 aliphatic rings. The molecule has 1 heteroatoms. The summed E-state index contributed by atoms with van der Waals surface area (Å²) in [6.07, 6.45) is 14.0. The van der Waals surface area contributed by atoms with E-state index in [0.29, 0.717) is 5.92 Å². The summed E-state index contributed by atoms with van der Waals surface area (Å²) in [7, 11) is 0. The molecule has 25 heavy (non-hydrogen) atoms. The van der Waals surface area contributed by atoms with Gasteiger partial charge in [-0.3, -0.25) is 0 Å². The first-order valence-electron chi connectivity index (χ1n) is 10.0. The van der Waals surface area contributed by atoms with E-state index in [0.717, 1.165) is 35.1 Å². The fourth-order valence-corrected chi connectivity index (χ4v) is 4.35. The average Bonchev–Trinajstić information content (AvgIpc) is 2.65. The fourth-order valence-electron chi connectivity index (χ4n) is 4.35. The maximum absolute atomic E-state index is 14.6. The Morgan fingerprint density at radius 1 is 1.08 bits per heavy atom. The smallest absolute Gasteiger partial charge is 0.134 e. The minimum absolute atomic E-state index is 0.0152. The van der Waals surface area contributed by atoms with E-state index in [9.17, 15) is 4.39 Å². The highest BCUT2D eigenvalue weighted by molar-refractivity contribution is 5.84. The van der Waals surface area contributed by atoms with Crippen LogP contribution in [0.5, 0.6) is 0 Å². The van der Waals surface area contributed by atoms with E-state index >= 15 is 0 Å². The molecule has 0 atom stereocenters. The summed E-state index contributed by atoms with van der Waals surface area (Å²) in [5.74, 6) is 1.53. The van der Waals surface area contributed by atoms with Crippen LogP contribution in [0, 0.1) is 11.7 Å². The summed E-state index contributed by atoms with van der Waals surface area (Å²) in [6.45, 7) is 4.20. The molecule has 0 N–H and O–H groups in total. The Balaban J connectivity index is 1.69. The number of allylic oxidation sites excluding steroid dienone is 2. The summed E-state index contributed by atoms with van der Waals surface area (Å²) in [4.78, 5) is 0. The molecule has 1 saturated carbocycles. The van der Waals surface area contributed by atoms with Crippen molar-refractivity contribution in [1.29, 1.82) is 0 Å². The Bertz CT molecular complexity index is 720. The SMILES string of the molecule is C/C=C/CCC1CCC(c2ccc3c(F)c(CCC)ccc3c2)CC1. The summed E-state index contributed by atoms with van der Waals surface area (Å²) in [5, 5.41) is 1.85.